The van der Waals surface area contributed by atoms with Gasteiger partial charge < -0.3 is 55.0 Å². The van der Waals surface area contributed by atoms with Crippen molar-refractivity contribution in [2.75, 3.05) is 154 Å². The van der Waals surface area contributed by atoms with Crippen molar-refractivity contribution in [3.8, 4) is 0 Å². The molecule has 4 aromatic rings. The van der Waals surface area contributed by atoms with E-state index in [1.807, 2.05) is 105 Å². The van der Waals surface area contributed by atoms with Crippen LogP contribution < -0.4 is 30.7 Å². The van der Waals surface area contributed by atoms with Crippen LogP contribution in [0.4, 0.5) is 45.5 Å². The number of alkyl halides is 7. The number of carboxylic acid groups (broad SMARTS) is 1. The molecule has 5 amide bonds. The smallest absolute Gasteiger partial charge is 0.475 e. The van der Waals surface area contributed by atoms with Gasteiger partial charge in [-0.1, -0.05) is 105 Å². The zero-order valence-electron chi connectivity index (χ0n) is 54.3. The van der Waals surface area contributed by atoms with Crippen molar-refractivity contribution in [2.45, 2.75) is 91.5 Å². The quantitative estimate of drug-likeness (QED) is 0.132. The van der Waals surface area contributed by atoms with Gasteiger partial charge in [0.25, 0.3) is 0 Å². The van der Waals surface area contributed by atoms with Crippen molar-refractivity contribution >= 4 is 119 Å². The molecule has 27 heteroatoms. The van der Waals surface area contributed by atoms with E-state index in [0.29, 0.717) is 49.9 Å². The first-order chi connectivity index (χ1) is 44.1. The molecule has 0 aromatic heterocycles. The van der Waals surface area contributed by atoms with Crippen molar-refractivity contribution in [1.29, 1.82) is 0 Å². The molecule has 11 rings (SSSR count). The summed E-state index contributed by atoms with van der Waals surface area (Å²) in [6, 6.07) is 32.8. The minimum absolute atomic E-state index is 0.135. The number of carbonyl (C=O) groups is 7. The van der Waals surface area contributed by atoms with E-state index < -0.39 is 17.7 Å². The van der Waals surface area contributed by atoms with Crippen LogP contribution in [0.1, 0.15) is 70.7 Å². The van der Waals surface area contributed by atoms with Crippen LogP contribution in [-0.2, 0) is 59.1 Å². The van der Waals surface area contributed by atoms with Crippen molar-refractivity contribution in [3.05, 3.63) is 119 Å². The molecule has 0 unspecified atom stereocenters. The third-order valence-electron chi connectivity index (χ3n) is 14.6. The Hall–Kier alpha value is -6.06. The predicted molar refractivity (Wildman–Crippen MR) is 369 cm³/mol. The highest BCUT2D eigenvalue weighted by Gasteiger charge is 2.38. The first kappa shape index (κ1) is 79.4. The van der Waals surface area contributed by atoms with E-state index in [1.165, 1.54) is 41.3 Å². The van der Waals surface area contributed by atoms with Crippen LogP contribution in [0.15, 0.2) is 97.1 Å². The van der Waals surface area contributed by atoms with Crippen LogP contribution in [0.3, 0.4) is 0 Å². The number of hydrogen-bond donors (Lipinski definition) is 4. The second kappa shape index (κ2) is 40.4. The van der Waals surface area contributed by atoms with E-state index in [1.54, 1.807) is 9.80 Å². The number of para-hydroxylation sites is 4. The Bertz CT molecular complexity index is 2990. The molecule has 93 heavy (non-hydrogen) atoms. The molecule has 0 saturated carbocycles. The van der Waals surface area contributed by atoms with E-state index in [4.69, 9.17) is 42.6 Å². The van der Waals surface area contributed by atoms with Crippen molar-refractivity contribution < 1.29 is 61.3 Å². The molecule has 3 saturated heterocycles. The number of rotatable bonds is 6. The number of aliphatic carboxylic acids is 1. The Kier molecular flexibility index (Phi) is 34.5. The summed E-state index contributed by atoms with van der Waals surface area (Å²) in [6.07, 6.45) is -1.47. The number of piperazine rings is 3. The number of anilines is 4. The van der Waals surface area contributed by atoms with Gasteiger partial charge in [-0.2, -0.15) is 13.2 Å². The van der Waals surface area contributed by atoms with Crippen LogP contribution in [0.5, 0.6) is 0 Å². The highest BCUT2D eigenvalue weighted by molar-refractivity contribution is 9.09. The van der Waals surface area contributed by atoms with E-state index in [0.717, 1.165) is 115 Å². The number of nitrogens with one attached hydrogen (secondary N) is 3. The van der Waals surface area contributed by atoms with Crippen molar-refractivity contribution in [1.82, 2.24) is 30.2 Å². The first-order valence-electron chi connectivity index (χ1n) is 30.9. The van der Waals surface area contributed by atoms with Crippen LogP contribution in [0.2, 0.25) is 0 Å². The Morgan fingerprint density at radius 2 is 0.817 bits per heavy atom. The zero-order valence-corrected chi connectivity index (χ0v) is 59.0. The standard InChI is InChI=1S/C19H27N3O3.C14H19N3O.C10H10BrNO.C9H18N2O2.C8H9N.C3H5BrO.C2HF3O2.CH2Cl2/c1-19(2,3)25-18(24)21-12-10-20(11-13-21)14-17(23)22-9-8-15-6-4-5-7-16(15)22;18-14(11-16-9-6-15-7-10-16)17-8-5-12-3-1-2-4-13(12)17;11-7-10(13)12-6-5-8-3-1-2-4-9(8)12;1-9(2,3)13-8(12)11-6-4-10-5-7-11;1-2-4-8-7(3-1)5-6-9-8;1-3(5)2-4;3-2(4,5)1(6)7;2-1-3/h4-7H,8-14H2,1-3H3;1-4,15H,5-11H2;1-4H,5-7H2;10H,4-7H2,1-3H3;1-4,9H,5-6H2;2H2,1H3;(H,6,7);1H2. The normalized spacial score (nSPS) is 16.2. The fraction of sp³-hybridized carbons (Fsp3) is 0.530. The van der Waals surface area contributed by atoms with Gasteiger partial charge in [0, 0.05) is 127 Å². The lowest BCUT2D eigenvalue weighted by Crippen LogP contribution is -2.52. The molecule has 0 aliphatic carbocycles. The Morgan fingerprint density at radius 3 is 1.17 bits per heavy atom. The van der Waals surface area contributed by atoms with E-state index in [2.05, 4.69) is 106 Å². The predicted octanol–water partition coefficient (Wildman–Crippen LogP) is 10.1. The first-order valence-corrected chi connectivity index (χ1v) is 34.2. The van der Waals surface area contributed by atoms with Gasteiger partial charge in [0.05, 0.1) is 29.1 Å². The fourth-order valence-electron chi connectivity index (χ4n) is 10.1. The molecule has 0 bridgehead atoms. The molecule has 7 aliphatic heterocycles. The molecule has 4 aromatic carbocycles. The molecule has 514 valence electrons. The molecule has 0 spiro atoms. The molecule has 0 radical (unpaired) electrons. The highest BCUT2D eigenvalue weighted by atomic mass is 79.9. The molecular weight excluding hydrogens is 1380 g/mol. The maximum atomic E-state index is 12.7. The Morgan fingerprint density at radius 1 is 0.484 bits per heavy atom. The number of fused-ring (bicyclic) bond motifs is 4. The van der Waals surface area contributed by atoms with Crippen molar-refractivity contribution in [3.63, 3.8) is 0 Å². The summed E-state index contributed by atoms with van der Waals surface area (Å²) in [6.45, 7) is 27.0. The number of ketones is 1. The summed E-state index contributed by atoms with van der Waals surface area (Å²) in [5.74, 6) is -2.07. The maximum absolute atomic E-state index is 12.7. The number of carboxylic acids is 1. The summed E-state index contributed by atoms with van der Waals surface area (Å²) in [4.78, 5) is 92.2. The topological polar surface area (TPSA) is 217 Å². The maximum Gasteiger partial charge on any atom is 0.490 e. The lowest BCUT2D eigenvalue weighted by atomic mass is 10.2. The monoisotopic (exact) mass is 1470 g/mol. The average Bonchev–Trinajstić information content (AvgIpc) is 1.73. The number of amides is 5. The van der Waals surface area contributed by atoms with E-state index in [9.17, 15) is 41.9 Å². The Labute approximate surface area is 572 Å². The van der Waals surface area contributed by atoms with E-state index >= 15 is 0 Å². The molecule has 0 atom stereocenters. The summed E-state index contributed by atoms with van der Waals surface area (Å²) in [5.41, 5.74) is 8.95. The van der Waals surface area contributed by atoms with E-state index in [-0.39, 0.29) is 46.6 Å². The van der Waals surface area contributed by atoms with Crippen LogP contribution in [0.25, 0.3) is 0 Å². The lowest BCUT2D eigenvalue weighted by molar-refractivity contribution is -0.192. The molecule has 7 heterocycles. The van der Waals surface area contributed by atoms with Crippen molar-refractivity contribution in [2.24, 2.45) is 0 Å². The zero-order chi connectivity index (χ0) is 68.7. The van der Waals surface area contributed by atoms with Gasteiger partial charge in [0.1, 0.15) is 17.0 Å². The average molecular weight is 1470 g/mol. The number of nitrogens with zero attached hydrogens (tertiary/aromatic N) is 7. The Balaban J connectivity index is 0.000000241. The summed E-state index contributed by atoms with van der Waals surface area (Å²) >= 11 is 15.7. The number of halogens is 7. The van der Waals surface area contributed by atoms with Crippen LogP contribution >= 0.6 is 55.1 Å². The number of Topliss-reactive ketones (excluding diaryl/α,β-unsaturated/α-hetero) is 1. The van der Waals surface area contributed by atoms with Crippen LogP contribution in [-0.4, -0.2) is 218 Å². The second-order valence-corrected chi connectivity index (χ2v) is 25.9. The molecule has 7 aliphatic rings. The minimum Gasteiger partial charge on any atom is -0.475 e. The number of carbonyl (C=O) groups excluding carboxylic acids is 6. The van der Waals surface area contributed by atoms with Gasteiger partial charge in [0.15, 0.2) is 0 Å². The van der Waals surface area contributed by atoms with Gasteiger partial charge >= 0.3 is 24.3 Å². The molecular formula is C66H91Br2Cl2F3N10O10. The van der Waals surface area contributed by atoms with Gasteiger partial charge in [0.2, 0.25) is 17.7 Å². The molecule has 4 N–H and O–H groups in total. The number of hydrogen-bond acceptors (Lipinski definition) is 14. The molecule has 20 nitrogen and oxygen atoms in total. The largest absolute Gasteiger partial charge is 0.490 e. The van der Waals surface area contributed by atoms with Gasteiger partial charge in [-0.15, -0.1) is 23.2 Å². The van der Waals surface area contributed by atoms with Gasteiger partial charge in [-0.25, -0.2) is 14.4 Å². The highest BCUT2D eigenvalue weighted by Crippen LogP contribution is 2.30. The third-order valence-corrected chi connectivity index (χ3v) is 15.8. The number of benzene rings is 4. The third kappa shape index (κ3) is 28.8. The summed E-state index contributed by atoms with van der Waals surface area (Å²) < 4.78 is 42.4. The summed E-state index contributed by atoms with van der Waals surface area (Å²) in [5, 5.41) is 18.0. The minimum atomic E-state index is -5.08. The fourth-order valence-corrected chi connectivity index (χ4v) is 10.4. The van der Waals surface area contributed by atoms with Crippen LogP contribution in [0, 0.1) is 0 Å². The number of ether oxygens (including phenoxy) is 2. The SMILES string of the molecule is CC(=O)CBr.CC(C)(C)OC(=O)N1CCN(CC(=O)N2CCc3ccccc32)CC1.CC(C)(C)OC(=O)N1CCNCC1.ClCCl.O=C(CBr)N1CCc2ccccc21.O=C(CN1CCNCC1)N1CCc2ccccc21.O=C(O)C(F)(F)F.c1ccc2c(c1)CCN2. The van der Waals surface area contributed by atoms with Gasteiger partial charge in [-0.05, 0) is 121 Å². The lowest BCUT2D eigenvalue weighted by Gasteiger charge is -2.35. The van der Waals surface area contributed by atoms with Gasteiger partial charge in [-0.3, -0.25) is 29.0 Å². The summed E-state index contributed by atoms with van der Waals surface area (Å²) in [7, 11) is 0. The molecule has 3 fully saturated rings. The second-order valence-electron chi connectivity index (χ2n) is 24.0.